The van der Waals surface area contributed by atoms with Crippen molar-refractivity contribution in [2.45, 2.75) is 13.5 Å². The number of rotatable bonds is 8. The predicted molar refractivity (Wildman–Crippen MR) is 117 cm³/mol. The zero-order valence-corrected chi connectivity index (χ0v) is 18.2. The third-order valence-electron chi connectivity index (χ3n) is 4.97. The molecule has 1 amide bonds. The quantitative estimate of drug-likeness (QED) is 0.559. The number of hydrogen-bond donors (Lipinski definition) is 0. The molecule has 8 nitrogen and oxygen atoms in total. The van der Waals surface area contributed by atoms with Gasteiger partial charge in [0.1, 0.15) is 5.75 Å². The van der Waals surface area contributed by atoms with E-state index in [1.807, 2.05) is 62.3 Å². The normalized spacial score (nSPS) is 10.7. The van der Waals surface area contributed by atoms with Crippen molar-refractivity contribution in [1.82, 2.24) is 24.8 Å². The van der Waals surface area contributed by atoms with Crippen LogP contribution in [0.15, 0.2) is 48.5 Å². The number of amides is 1. The van der Waals surface area contributed by atoms with E-state index in [-0.39, 0.29) is 5.91 Å². The molecule has 0 aliphatic carbocycles. The van der Waals surface area contributed by atoms with Gasteiger partial charge in [-0.1, -0.05) is 17.3 Å². The van der Waals surface area contributed by atoms with Crippen molar-refractivity contribution in [3.63, 3.8) is 0 Å². The molecule has 3 rings (SSSR count). The minimum Gasteiger partial charge on any atom is -0.497 e. The van der Waals surface area contributed by atoms with Gasteiger partial charge in [0, 0.05) is 19.6 Å². The molecular formula is C23H26N6O2. The molecular weight excluding hydrogens is 392 g/mol. The van der Waals surface area contributed by atoms with Crippen molar-refractivity contribution < 1.29 is 9.53 Å². The van der Waals surface area contributed by atoms with Gasteiger partial charge in [-0.05, 0) is 63.0 Å². The number of nitriles is 1. The summed E-state index contributed by atoms with van der Waals surface area (Å²) >= 11 is 0. The highest BCUT2D eigenvalue weighted by Gasteiger charge is 2.23. The Morgan fingerprint density at radius 2 is 1.77 bits per heavy atom. The first-order chi connectivity index (χ1) is 14.9. The van der Waals surface area contributed by atoms with Crippen LogP contribution in [-0.4, -0.2) is 65.0 Å². The largest absolute Gasteiger partial charge is 0.497 e. The molecule has 0 saturated carbocycles. The molecule has 3 aromatic rings. The van der Waals surface area contributed by atoms with Crippen LogP contribution in [0, 0.1) is 18.3 Å². The maximum Gasteiger partial charge on any atom is 0.276 e. The minimum absolute atomic E-state index is 0.177. The number of carbonyl (C=O) groups is 1. The van der Waals surface area contributed by atoms with Crippen LogP contribution in [-0.2, 0) is 6.54 Å². The summed E-state index contributed by atoms with van der Waals surface area (Å²) < 4.78 is 6.85. The summed E-state index contributed by atoms with van der Waals surface area (Å²) in [6, 6.07) is 16.8. The fraction of sp³-hybridized carbons (Fsp3) is 0.304. The Hall–Kier alpha value is -3.70. The summed E-state index contributed by atoms with van der Waals surface area (Å²) in [4.78, 5) is 17.2. The number of ether oxygens (including phenoxy) is 1. The summed E-state index contributed by atoms with van der Waals surface area (Å²) in [5.41, 5.74) is 3.34. The number of aromatic nitrogens is 3. The van der Waals surface area contributed by atoms with Crippen molar-refractivity contribution >= 4 is 5.91 Å². The van der Waals surface area contributed by atoms with Crippen molar-refractivity contribution in [3.8, 4) is 17.5 Å². The highest BCUT2D eigenvalue weighted by Crippen LogP contribution is 2.18. The number of likely N-dealkylation sites (N-methyl/N-ethyl adjacent to an activating group) is 1. The summed E-state index contributed by atoms with van der Waals surface area (Å²) in [5, 5.41) is 17.4. The van der Waals surface area contributed by atoms with Gasteiger partial charge in [0.2, 0.25) is 0 Å². The van der Waals surface area contributed by atoms with E-state index in [2.05, 4.69) is 16.4 Å². The summed E-state index contributed by atoms with van der Waals surface area (Å²) in [6.45, 7) is 3.52. The second-order valence-corrected chi connectivity index (χ2v) is 7.47. The van der Waals surface area contributed by atoms with Crippen LogP contribution in [0.1, 0.15) is 27.3 Å². The molecule has 0 aliphatic rings. The molecule has 0 saturated heterocycles. The molecule has 0 aliphatic heterocycles. The highest BCUT2D eigenvalue weighted by atomic mass is 16.5. The van der Waals surface area contributed by atoms with Gasteiger partial charge in [0.25, 0.3) is 5.91 Å². The van der Waals surface area contributed by atoms with E-state index in [1.165, 1.54) is 0 Å². The Morgan fingerprint density at radius 3 is 2.35 bits per heavy atom. The first-order valence-electron chi connectivity index (χ1n) is 9.92. The van der Waals surface area contributed by atoms with Crippen LogP contribution in [0.5, 0.6) is 5.75 Å². The molecule has 0 bridgehead atoms. The minimum atomic E-state index is -0.177. The smallest absolute Gasteiger partial charge is 0.276 e. The third kappa shape index (κ3) is 5.27. The third-order valence-corrected chi connectivity index (χ3v) is 4.97. The molecule has 0 radical (unpaired) electrons. The molecule has 0 unspecified atom stereocenters. The Labute approximate surface area is 182 Å². The molecule has 0 N–H and O–H groups in total. The maximum atomic E-state index is 13.4. The van der Waals surface area contributed by atoms with Crippen LogP contribution in [0.2, 0.25) is 0 Å². The van der Waals surface area contributed by atoms with E-state index in [0.29, 0.717) is 36.6 Å². The second-order valence-electron chi connectivity index (χ2n) is 7.47. The van der Waals surface area contributed by atoms with Gasteiger partial charge in [-0.15, -0.1) is 5.10 Å². The SMILES string of the molecule is COc1ccc(-n2nnc(C(=O)N(CCN(C)C)Cc3ccc(C#N)cc3)c2C)cc1. The van der Waals surface area contributed by atoms with Gasteiger partial charge in [-0.25, -0.2) is 4.68 Å². The lowest BCUT2D eigenvalue weighted by Crippen LogP contribution is -2.36. The number of carbonyl (C=O) groups excluding carboxylic acids is 1. The zero-order chi connectivity index (χ0) is 22.4. The van der Waals surface area contributed by atoms with Gasteiger partial charge in [-0.2, -0.15) is 5.26 Å². The van der Waals surface area contributed by atoms with Crippen LogP contribution in [0.25, 0.3) is 5.69 Å². The summed E-state index contributed by atoms with van der Waals surface area (Å²) in [7, 11) is 5.55. The van der Waals surface area contributed by atoms with E-state index in [0.717, 1.165) is 17.0 Å². The molecule has 8 heteroatoms. The Morgan fingerprint density at radius 1 is 1.10 bits per heavy atom. The fourth-order valence-corrected chi connectivity index (χ4v) is 3.12. The topological polar surface area (TPSA) is 87.3 Å². The van der Waals surface area contributed by atoms with E-state index < -0.39 is 0 Å². The average Bonchev–Trinajstić information content (AvgIpc) is 3.17. The molecule has 2 aromatic carbocycles. The average molecular weight is 419 g/mol. The van der Waals surface area contributed by atoms with Crippen molar-refractivity contribution in [3.05, 3.63) is 71.0 Å². The van der Waals surface area contributed by atoms with Crippen LogP contribution >= 0.6 is 0 Å². The standard InChI is InChI=1S/C23H26N6O2/c1-17-22(25-26-29(17)20-9-11-21(31-4)12-10-20)23(30)28(14-13-27(2)3)16-19-7-5-18(15-24)6-8-19/h5-12H,13-14,16H2,1-4H3. The van der Waals surface area contributed by atoms with Crippen molar-refractivity contribution in [2.24, 2.45) is 0 Å². The van der Waals surface area contributed by atoms with Crippen LogP contribution < -0.4 is 4.74 Å². The number of hydrogen-bond acceptors (Lipinski definition) is 6. The maximum absolute atomic E-state index is 13.4. The number of methoxy groups -OCH3 is 1. The lowest BCUT2D eigenvalue weighted by molar-refractivity contribution is 0.0725. The molecule has 0 spiro atoms. The Balaban J connectivity index is 1.85. The fourth-order valence-electron chi connectivity index (χ4n) is 3.12. The highest BCUT2D eigenvalue weighted by molar-refractivity contribution is 5.93. The van der Waals surface area contributed by atoms with E-state index in [1.54, 1.807) is 28.8 Å². The van der Waals surface area contributed by atoms with E-state index >= 15 is 0 Å². The van der Waals surface area contributed by atoms with Gasteiger partial charge in [0.15, 0.2) is 5.69 Å². The monoisotopic (exact) mass is 418 g/mol. The Bertz CT molecular complexity index is 1060. The van der Waals surface area contributed by atoms with Gasteiger partial charge in [0.05, 0.1) is 30.1 Å². The molecule has 1 aromatic heterocycles. The van der Waals surface area contributed by atoms with Crippen molar-refractivity contribution in [2.75, 3.05) is 34.3 Å². The summed E-state index contributed by atoms with van der Waals surface area (Å²) in [6.07, 6.45) is 0. The zero-order valence-electron chi connectivity index (χ0n) is 18.2. The first kappa shape index (κ1) is 22.0. The lowest BCUT2D eigenvalue weighted by Gasteiger charge is -2.24. The number of benzene rings is 2. The Kier molecular flexibility index (Phi) is 7.00. The van der Waals surface area contributed by atoms with E-state index in [4.69, 9.17) is 10.00 Å². The van der Waals surface area contributed by atoms with Crippen LogP contribution in [0.4, 0.5) is 0 Å². The molecule has 0 fully saturated rings. The predicted octanol–water partition coefficient (Wildman–Crippen LogP) is 2.66. The second kappa shape index (κ2) is 9.87. The van der Waals surface area contributed by atoms with Gasteiger partial charge >= 0.3 is 0 Å². The number of nitrogens with zero attached hydrogens (tertiary/aromatic N) is 6. The molecule has 160 valence electrons. The summed E-state index contributed by atoms with van der Waals surface area (Å²) in [5.74, 6) is 0.568. The first-order valence-corrected chi connectivity index (χ1v) is 9.92. The van der Waals surface area contributed by atoms with Crippen LogP contribution in [0.3, 0.4) is 0 Å². The molecule has 31 heavy (non-hydrogen) atoms. The molecule has 0 atom stereocenters. The molecule has 1 heterocycles. The van der Waals surface area contributed by atoms with Gasteiger partial charge < -0.3 is 14.5 Å². The van der Waals surface area contributed by atoms with E-state index in [9.17, 15) is 4.79 Å². The van der Waals surface area contributed by atoms with Crippen molar-refractivity contribution in [1.29, 1.82) is 5.26 Å². The van der Waals surface area contributed by atoms with Gasteiger partial charge in [-0.3, -0.25) is 4.79 Å². The lowest BCUT2D eigenvalue weighted by atomic mass is 10.1.